The molecule has 0 aliphatic heterocycles. The molecule has 16 heavy (non-hydrogen) atoms. The van der Waals surface area contributed by atoms with Crippen LogP contribution in [0.2, 0.25) is 5.15 Å². The third-order valence-electron chi connectivity index (χ3n) is 2.27. The van der Waals surface area contributed by atoms with E-state index in [0.717, 1.165) is 5.52 Å². The van der Waals surface area contributed by atoms with Gasteiger partial charge in [0.2, 0.25) is 0 Å². The molecule has 2 heterocycles. The molecule has 0 spiro atoms. The van der Waals surface area contributed by atoms with Gasteiger partial charge in [-0.3, -0.25) is 4.68 Å². The SMILES string of the molecule is CC(C)n1nc(C=NO)c2c(Cl)nccc21. The van der Waals surface area contributed by atoms with Crippen LogP contribution in [-0.4, -0.2) is 26.2 Å². The number of hydrogen-bond donors (Lipinski definition) is 1. The largest absolute Gasteiger partial charge is 0.411 e. The van der Waals surface area contributed by atoms with Crippen molar-refractivity contribution in [2.75, 3.05) is 0 Å². The van der Waals surface area contributed by atoms with Crippen LogP contribution in [0.15, 0.2) is 17.4 Å². The van der Waals surface area contributed by atoms with Gasteiger partial charge in [-0.25, -0.2) is 4.98 Å². The maximum absolute atomic E-state index is 8.57. The van der Waals surface area contributed by atoms with Gasteiger partial charge in [-0.05, 0) is 19.9 Å². The van der Waals surface area contributed by atoms with Gasteiger partial charge < -0.3 is 5.21 Å². The van der Waals surface area contributed by atoms with Crippen molar-refractivity contribution in [3.05, 3.63) is 23.1 Å². The summed E-state index contributed by atoms with van der Waals surface area (Å²) < 4.78 is 1.82. The normalized spacial score (nSPS) is 12.0. The molecule has 0 aromatic carbocycles. The van der Waals surface area contributed by atoms with Crippen molar-refractivity contribution in [3.63, 3.8) is 0 Å². The minimum Gasteiger partial charge on any atom is -0.411 e. The molecule has 0 aliphatic carbocycles. The highest BCUT2D eigenvalue weighted by Crippen LogP contribution is 2.25. The average Bonchev–Trinajstić information content (AvgIpc) is 2.59. The van der Waals surface area contributed by atoms with Crippen LogP contribution in [0.3, 0.4) is 0 Å². The number of fused-ring (bicyclic) bond motifs is 1. The molecule has 2 aromatic heterocycles. The smallest absolute Gasteiger partial charge is 0.140 e. The van der Waals surface area contributed by atoms with E-state index in [1.165, 1.54) is 6.21 Å². The van der Waals surface area contributed by atoms with Gasteiger partial charge in [-0.15, -0.1) is 0 Å². The summed E-state index contributed by atoms with van der Waals surface area (Å²) in [4.78, 5) is 3.99. The van der Waals surface area contributed by atoms with Crippen LogP contribution >= 0.6 is 11.6 Å². The van der Waals surface area contributed by atoms with Crippen molar-refractivity contribution in [1.29, 1.82) is 0 Å². The number of nitrogens with zero attached hydrogens (tertiary/aromatic N) is 4. The second-order valence-corrected chi connectivity index (χ2v) is 4.02. The molecule has 0 atom stereocenters. The van der Waals surface area contributed by atoms with Crippen LogP contribution in [0.5, 0.6) is 0 Å². The summed E-state index contributed by atoms with van der Waals surface area (Å²) in [5.41, 5.74) is 1.40. The Morgan fingerprint density at radius 1 is 1.56 bits per heavy atom. The van der Waals surface area contributed by atoms with Crippen LogP contribution in [-0.2, 0) is 0 Å². The Kier molecular flexibility index (Phi) is 2.78. The van der Waals surface area contributed by atoms with Crippen LogP contribution < -0.4 is 0 Å². The Balaban J connectivity index is 2.81. The van der Waals surface area contributed by atoms with E-state index in [2.05, 4.69) is 15.2 Å². The molecule has 0 radical (unpaired) electrons. The standard InChI is InChI=1S/C10H11ClN4O/c1-6(2)15-8-3-4-12-10(11)9(8)7(14-15)5-13-16/h3-6,16H,1-2H3. The number of oxime groups is 1. The highest BCUT2D eigenvalue weighted by molar-refractivity contribution is 6.35. The quantitative estimate of drug-likeness (QED) is 0.378. The lowest BCUT2D eigenvalue weighted by Crippen LogP contribution is -2.02. The number of rotatable bonds is 2. The minimum absolute atomic E-state index is 0.196. The Labute approximate surface area is 97.3 Å². The molecule has 2 aromatic rings. The van der Waals surface area contributed by atoms with E-state index in [-0.39, 0.29) is 6.04 Å². The average molecular weight is 239 g/mol. The molecular formula is C10H11ClN4O. The highest BCUT2D eigenvalue weighted by Gasteiger charge is 2.14. The number of halogens is 1. The summed E-state index contributed by atoms with van der Waals surface area (Å²) in [6, 6.07) is 2.03. The minimum atomic E-state index is 0.196. The molecule has 0 fully saturated rings. The molecule has 2 rings (SSSR count). The molecule has 0 amide bonds. The third-order valence-corrected chi connectivity index (χ3v) is 2.56. The fourth-order valence-electron chi connectivity index (χ4n) is 1.61. The summed E-state index contributed by atoms with van der Waals surface area (Å²) in [6.07, 6.45) is 2.89. The molecule has 0 aliphatic rings. The molecule has 0 saturated heterocycles. The number of hydrogen-bond acceptors (Lipinski definition) is 4. The molecule has 1 N–H and O–H groups in total. The molecule has 84 valence electrons. The lowest BCUT2D eigenvalue weighted by atomic mass is 10.2. The van der Waals surface area contributed by atoms with Gasteiger partial charge in [0.25, 0.3) is 0 Å². The van der Waals surface area contributed by atoms with E-state index in [1.54, 1.807) is 6.20 Å². The van der Waals surface area contributed by atoms with E-state index in [4.69, 9.17) is 16.8 Å². The van der Waals surface area contributed by atoms with Crippen LogP contribution in [0.25, 0.3) is 10.9 Å². The topological polar surface area (TPSA) is 63.3 Å². The maximum atomic E-state index is 8.57. The summed E-state index contributed by atoms with van der Waals surface area (Å²) in [5.74, 6) is 0. The second-order valence-electron chi connectivity index (χ2n) is 3.66. The molecule has 6 heteroatoms. The van der Waals surface area contributed by atoms with Crippen molar-refractivity contribution in [3.8, 4) is 0 Å². The zero-order valence-corrected chi connectivity index (χ0v) is 9.68. The van der Waals surface area contributed by atoms with Crippen molar-refractivity contribution in [1.82, 2.24) is 14.8 Å². The lowest BCUT2D eigenvalue weighted by Gasteiger charge is -2.06. The zero-order valence-electron chi connectivity index (χ0n) is 8.92. The first kappa shape index (κ1) is 10.9. The first-order chi connectivity index (χ1) is 7.65. The zero-order chi connectivity index (χ0) is 11.7. The molecule has 5 nitrogen and oxygen atoms in total. The first-order valence-corrected chi connectivity index (χ1v) is 5.23. The fourth-order valence-corrected chi connectivity index (χ4v) is 1.86. The summed E-state index contributed by atoms with van der Waals surface area (Å²) in [7, 11) is 0. The Morgan fingerprint density at radius 2 is 2.31 bits per heavy atom. The van der Waals surface area contributed by atoms with Crippen LogP contribution in [0.4, 0.5) is 0 Å². The molecular weight excluding hydrogens is 228 g/mol. The maximum Gasteiger partial charge on any atom is 0.140 e. The Hall–Kier alpha value is -1.62. The van der Waals surface area contributed by atoms with Gasteiger partial charge in [0, 0.05) is 12.2 Å². The highest BCUT2D eigenvalue weighted by atomic mass is 35.5. The first-order valence-electron chi connectivity index (χ1n) is 4.85. The van der Waals surface area contributed by atoms with Gasteiger partial charge in [-0.1, -0.05) is 16.8 Å². The lowest BCUT2D eigenvalue weighted by molar-refractivity contribution is 0.321. The second kappa shape index (κ2) is 4.09. The number of aromatic nitrogens is 3. The molecule has 0 unspecified atom stereocenters. The van der Waals surface area contributed by atoms with Crippen LogP contribution in [0, 0.1) is 0 Å². The van der Waals surface area contributed by atoms with Crippen molar-refractivity contribution >= 4 is 28.7 Å². The monoisotopic (exact) mass is 238 g/mol. The third kappa shape index (κ3) is 1.63. The van der Waals surface area contributed by atoms with Crippen LogP contribution in [0.1, 0.15) is 25.6 Å². The van der Waals surface area contributed by atoms with E-state index in [0.29, 0.717) is 16.2 Å². The van der Waals surface area contributed by atoms with Gasteiger partial charge >= 0.3 is 0 Å². The van der Waals surface area contributed by atoms with E-state index in [1.807, 2.05) is 24.6 Å². The number of pyridine rings is 1. The predicted octanol–water partition coefficient (Wildman–Crippen LogP) is 2.47. The molecule has 0 saturated carbocycles. The summed E-state index contributed by atoms with van der Waals surface area (Å²) >= 11 is 6.01. The van der Waals surface area contributed by atoms with E-state index in [9.17, 15) is 0 Å². The fraction of sp³-hybridized carbons (Fsp3) is 0.300. The Bertz CT molecular complexity index is 547. The van der Waals surface area contributed by atoms with Crippen molar-refractivity contribution in [2.24, 2.45) is 5.16 Å². The molecule has 0 bridgehead atoms. The van der Waals surface area contributed by atoms with Gasteiger partial charge in [-0.2, -0.15) is 5.10 Å². The Morgan fingerprint density at radius 3 is 2.94 bits per heavy atom. The van der Waals surface area contributed by atoms with Gasteiger partial charge in [0.1, 0.15) is 10.8 Å². The van der Waals surface area contributed by atoms with Gasteiger partial charge in [0.05, 0.1) is 17.1 Å². The van der Waals surface area contributed by atoms with Crippen molar-refractivity contribution in [2.45, 2.75) is 19.9 Å². The summed E-state index contributed by atoms with van der Waals surface area (Å²) in [6.45, 7) is 4.03. The van der Waals surface area contributed by atoms with E-state index < -0.39 is 0 Å². The van der Waals surface area contributed by atoms with Gasteiger partial charge in [0.15, 0.2) is 0 Å². The van der Waals surface area contributed by atoms with Crippen molar-refractivity contribution < 1.29 is 5.21 Å². The predicted molar refractivity (Wildman–Crippen MR) is 62.3 cm³/mol. The van der Waals surface area contributed by atoms with E-state index >= 15 is 0 Å². The summed E-state index contributed by atoms with van der Waals surface area (Å²) in [5, 5.41) is 16.9.